The number of ether oxygens (including phenoxy) is 1. The summed E-state index contributed by atoms with van der Waals surface area (Å²) in [5.74, 6) is 0.0470. The molecule has 1 atom stereocenters. The summed E-state index contributed by atoms with van der Waals surface area (Å²) in [5.41, 5.74) is 7.92. The summed E-state index contributed by atoms with van der Waals surface area (Å²) in [6.07, 6.45) is 0.845. The number of hydrogen-bond donors (Lipinski definition) is 2. The number of nitrogens with two attached hydrogens (primary N) is 1. The highest BCUT2D eigenvalue weighted by Crippen LogP contribution is 2.14. The van der Waals surface area contributed by atoms with E-state index in [1.165, 1.54) is 0 Å². The fourth-order valence-electron chi connectivity index (χ4n) is 2.55. The zero-order valence-corrected chi connectivity index (χ0v) is 12.8. The van der Waals surface area contributed by atoms with Gasteiger partial charge in [0.2, 0.25) is 5.91 Å². The maximum atomic E-state index is 12.2. The van der Waals surface area contributed by atoms with Crippen molar-refractivity contribution in [3.05, 3.63) is 29.8 Å². The van der Waals surface area contributed by atoms with Gasteiger partial charge in [-0.15, -0.1) is 0 Å². The number of benzene rings is 1. The van der Waals surface area contributed by atoms with E-state index in [4.69, 9.17) is 10.5 Å². The van der Waals surface area contributed by atoms with Crippen LogP contribution in [0.2, 0.25) is 0 Å². The lowest BCUT2D eigenvalue weighted by molar-refractivity contribution is -0.133. The number of para-hydroxylation sites is 1. The van der Waals surface area contributed by atoms with Gasteiger partial charge in [-0.25, -0.2) is 0 Å². The maximum Gasteiger partial charge on any atom is 0.239 e. The van der Waals surface area contributed by atoms with E-state index in [1.54, 1.807) is 0 Å². The summed E-state index contributed by atoms with van der Waals surface area (Å²) < 4.78 is 5.46. The average molecular weight is 291 g/mol. The zero-order chi connectivity index (χ0) is 15.2. The van der Waals surface area contributed by atoms with Crippen LogP contribution in [0.5, 0.6) is 0 Å². The van der Waals surface area contributed by atoms with Crippen LogP contribution in [0.1, 0.15) is 19.4 Å². The quantitative estimate of drug-likeness (QED) is 0.795. The van der Waals surface area contributed by atoms with E-state index in [-0.39, 0.29) is 18.0 Å². The van der Waals surface area contributed by atoms with E-state index in [0.717, 1.165) is 30.8 Å². The number of nitrogens with zero attached hydrogens (tertiary/aromatic N) is 1. The van der Waals surface area contributed by atoms with Gasteiger partial charge < -0.3 is 15.8 Å². The van der Waals surface area contributed by atoms with Crippen molar-refractivity contribution in [1.82, 2.24) is 10.2 Å². The van der Waals surface area contributed by atoms with Crippen LogP contribution < -0.4 is 11.1 Å². The topological polar surface area (TPSA) is 67.6 Å². The molecular weight excluding hydrogens is 266 g/mol. The smallest absolute Gasteiger partial charge is 0.239 e. The van der Waals surface area contributed by atoms with Crippen molar-refractivity contribution in [2.24, 2.45) is 0 Å². The van der Waals surface area contributed by atoms with Crippen LogP contribution in [-0.2, 0) is 16.0 Å². The molecule has 1 heterocycles. The number of morpholine rings is 1. The van der Waals surface area contributed by atoms with Crippen LogP contribution in [-0.4, -0.2) is 49.2 Å². The second-order valence-electron chi connectivity index (χ2n) is 5.74. The molecule has 0 radical (unpaired) electrons. The fraction of sp³-hybridized carbons (Fsp3) is 0.562. The minimum Gasteiger partial charge on any atom is -0.399 e. The lowest BCUT2D eigenvalue weighted by Crippen LogP contribution is -2.55. The van der Waals surface area contributed by atoms with E-state index in [1.807, 2.05) is 38.1 Å². The molecule has 1 amide bonds. The normalized spacial score (nSPS) is 19.7. The minimum atomic E-state index is -0.203. The molecule has 0 spiro atoms. The molecule has 1 aliphatic rings. The van der Waals surface area contributed by atoms with Crippen molar-refractivity contribution < 1.29 is 9.53 Å². The summed E-state index contributed by atoms with van der Waals surface area (Å²) in [6, 6.07) is 7.83. The average Bonchev–Trinajstić information content (AvgIpc) is 2.46. The van der Waals surface area contributed by atoms with Crippen molar-refractivity contribution in [2.75, 3.05) is 32.0 Å². The molecule has 2 rings (SSSR count). The van der Waals surface area contributed by atoms with Gasteiger partial charge >= 0.3 is 0 Å². The molecule has 1 fully saturated rings. The molecule has 0 aromatic heterocycles. The molecule has 5 heteroatoms. The predicted molar refractivity (Wildman–Crippen MR) is 84.0 cm³/mol. The molecule has 0 bridgehead atoms. The van der Waals surface area contributed by atoms with Gasteiger partial charge in [-0.2, -0.15) is 0 Å². The molecule has 21 heavy (non-hydrogen) atoms. The SMILES string of the molecule is CC(C)NC(=O)C1COCCN1CCc1ccccc1N. The second-order valence-corrected chi connectivity index (χ2v) is 5.74. The summed E-state index contributed by atoms with van der Waals surface area (Å²) in [7, 11) is 0. The Hall–Kier alpha value is -1.59. The van der Waals surface area contributed by atoms with Crippen LogP contribution in [0.15, 0.2) is 24.3 Å². The van der Waals surface area contributed by atoms with Gasteiger partial charge in [-0.1, -0.05) is 18.2 Å². The van der Waals surface area contributed by atoms with Gasteiger partial charge in [0.25, 0.3) is 0 Å². The van der Waals surface area contributed by atoms with Crippen molar-refractivity contribution >= 4 is 11.6 Å². The third-order valence-corrected chi connectivity index (χ3v) is 3.70. The van der Waals surface area contributed by atoms with Gasteiger partial charge in [-0.05, 0) is 31.9 Å². The Balaban J connectivity index is 1.96. The zero-order valence-electron chi connectivity index (χ0n) is 12.8. The van der Waals surface area contributed by atoms with Gasteiger partial charge in [0.15, 0.2) is 0 Å². The summed E-state index contributed by atoms with van der Waals surface area (Å²) in [4.78, 5) is 14.4. The highest BCUT2D eigenvalue weighted by atomic mass is 16.5. The molecule has 0 aliphatic carbocycles. The number of anilines is 1. The second kappa shape index (κ2) is 7.43. The largest absolute Gasteiger partial charge is 0.399 e. The van der Waals surface area contributed by atoms with Crippen LogP contribution in [0, 0.1) is 0 Å². The van der Waals surface area contributed by atoms with Gasteiger partial charge in [0.05, 0.1) is 13.2 Å². The van der Waals surface area contributed by atoms with Crippen LogP contribution in [0.3, 0.4) is 0 Å². The number of nitrogens with one attached hydrogen (secondary N) is 1. The van der Waals surface area contributed by atoms with Gasteiger partial charge in [0, 0.05) is 24.8 Å². The standard InChI is InChI=1S/C16H25N3O2/c1-12(2)18-16(20)15-11-21-10-9-19(15)8-7-13-5-3-4-6-14(13)17/h3-6,12,15H,7-11,17H2,1-2H3,(H,18,20). The third-order valence-electron chi connectivity index (χ3n) is 3.70. The first-order chi connectivity index (χ1) is 10.1. The monoisotopic (exact) mass is 291 g/mol. The van der Waals surface area contributed by atoms with Crippen LogP contribution in [0.4, 0.5) is 5.69 Å². The van der Waals surface area contributed by atoms with Crippen molar-refractivity contribution in [2.45, 2.75) is 32.4 Å². The lowest BCUT2D eigenvalue weighted by atomic mass is 10.1. The number of hydrogen-bond acceptors (Lipinski definition) is 4. The fourth-order valence-corrected chi connectivity index (χ4v) is 2.55. The number of rotatable bonds is 5. The Morgan fingerprint density at radius 1 is 1.48 bits per heavy atom. The Bertz CT molecular complexity index is 476. The van der Waals surface area contributed by atoms with Crippen LogP contribution >= 0.6 is 0 Å². The summed E-state index contributed by atoms with van der Waals surface area (Å²) in [6.45, 7) is 6.67. The first-order valence-corrected chi connectivity index (χ1v) is 7.53. The van der Waals surface area contributed by atoms with E-state index >= 15 is 0 Å². The highest BCUT2D eigenvalue weighted by Gasteiger charge is 2.29. The van der Waals surface area contributed by atoms with E-state index in [2.05, 4.69) is 10.2 Å². The van der Waals surface area contributed by atoms with Crippen molar-refractivity contribution in [1.29, 1.82) is 0 Å². The van der Waals surface area contributed by atoms with Crippen LogP contribution in [0.25, 0.3) is 0 Å². The van der Waals surface area contributed by atoms with Gasteiger partial charge in [0.1, 0.15) is 6.04 Å². The molecule has 1 unspecified atom stereocenters. The molecule has 1 aliphatic heterocycles. The Morgan fingerprint density at radius 2 is 2.24 bits per heavy atom. The number of carbonyl (C=O) groups excluding carboxylic acids is 1. The molecule has 0 saturated carbocycles. The molecule has 3 N–H and O–H groups in total. The number of nitrogen functional groups attached to an aromatic ring is 1. The Kier molecular flexibility index (Phi) is 5.59. The minimum absolute atomic E-state index is 0.0470. The highest BCUT2D eigenvalue weighted by molar-refractivity contribution is 5.82. The maximum absolute atomic E-state index is 12.2. The first kappa shape index (κ1) is 15.8. The number of amides is 1. The Morgan fingerprint density at radius 3 is 2.95 bits per heavy atom. The predicted octanol–water partition coefficient (Wildman–Crippen LogP) is 1.04. The molecule has 1 aromatic rings. The van der Waals surface area contributed by atoms with Crippen molar-refractivity contribution in [3.63, 3.8) is 0 Å². The van der Waals surface area contributed by atoms with Gasteiger partial charge in [-0.3, -0.25) is 9.69 Å². The molecule has 1 saturated heterocycles. The molecule has 116 valence electrons. The molecule has 1 aromatic carbocycles. The number of carbonyl (C=O) groups is 1. The Labute approximate surface area is 126 Å². The molecular formula is C16H25N3O2. The summed E-state index contributed by atoms with van der Waals surface area (Å²) in [5, 5.41) is 2.97. The first-order valence-electron chi connectivity index (χ1n) is 7.53. The molecule has 5 nitrogen and oxygen atoms in total. The lowest BCUT2D eigenvalue weighted by Gasteiger charge is -2.35. The van der Waals surface area contributed by atoms with Crippen molar-refractivity contribution in [3.8, 4) is 0 Å². The van der Waals surface area contributed by atoms with E-state index in [0.29, 0.717) is 13.2 Å². The summed E-state index contributed by atoms with van der Waals surface area (Å²) >= 11 is 0. The van der Waals surface area contributed by atoms with E-state index in [9.17, 15) is 4.79 Å². The van der Waals surface area contributed by atoms with E-state index < -0.39 is 0 Å². The third kappa shape index (κ3) is 4.44.